The number of benzene rings is 2. The Balaban J connectivity index is 2.47. The molecule has 0 aliphatic carbocycles. The molecular formula is C20H23Br2FO2STe. The van der Waals surface area contributed by atoms with Gasteiger partial charge < -0.3 is 0 Å². The second kappa shape index (κ2) is 10.0. The molecule has 0 amide bonds. The van der Waals surface area contributed by atoms with E-state index in [1.807, 2.05) is 6.92 Å². The predicted molar refractivity (Wildman–Crippen MR) is 120 cm³/mol. The maximum atomic E-state index is 13.3. The molecule has 2 aromatic carbocycles. The van der Waals surface area contributed by atoms with Crippen LogP contribution in [-0.4, -0.2) is 22.2 Å². The van der Waals surface area contributed by atoms with Gasteiger partial charge in [0.25, 0.3) is 0 Å². The predicted octanol–water partition coefficient (Wildman–Crippen LogP) is 6.05. The van der Waals surface area contributed by atoms with Crippen molar-refractivity contribution in [3.8, 4) is 0 Å². The fraction of sp³-hybridized carbons (Fsp3) is 0.300. The minimum atomic E-state index is -3.56. The van der Waals surface area contributed by atoms with Crippen LogP contribution in [0, 0.1) is 12.7 Å². The number of aryl methyl sites for hydroxylation is 1. The summed E-state index contributed by atoms with van der Waals surface area (Å²) in [5, 5.41) is 1.42. The molecule has 0 atom stereocenters. The Labute approximate surface area is 177 Å². The molecule has 0 aliphatic rings. The Bertz CT molecular complexity index is 893. The molecule has 0 saturated heterocycles. The first kappa shape index (κ1) is 23.1. The average molecular weight is 634 g/mol. The molecule has 0 spiro atoms. The van der Waals surface area contributed by atoms with Gasteiger partial charge in [-0.1, -0.05) is 0 Å². The van der Waals surface area contributed by atoms with E-state index in [4.69, 9.17) is 0 Å². The average Bonchev–Trinajstić information content (AvgIpc) is 2.61. The van der Waals surface area contributed by atoms with Crippen LogP contribution in [0.2, 0.25) is 0 Å². The molecule has 0 heterocycles. The van der Waals surface area contributed by atoms with Crippen LogP contribution in [-0.2, 0) is 9.84 Å². The second-order valence-corrected chi connectivity index (χ2v) is 32.5. The van der Waals surface area contributed by atoms with Gasteiger partial charge in [-0.3, -0.25) is 0 Å². The Morgan fingerprint density at radius 3 is 2.19 bits per heavy atom. The van der Waals surface area contributed by atoms with Gasteiger partial charge in [-0.25, -0.2) is 0 Å². The summed E-state index contributed by atoms with van der Waals surface area (Å²) < 4.78 is 41.1. The van der Waals surface area contributed by atoms with Crippen molar-refractivity contribution < 1.29 is 12.8 Å². The van der Waals surface area contributed by atoms with Crippen LogP contribution in [0.5, 0.6) is 0 Å². The molecule has 0 N–H and O–H groups in total. The number of halogens is 3. The van der Waals surface area contributed by atoms with Gasteiger partial charge in [-0.15, -0.1) is 0 Å². The SMILES string of the molecule is CCCCC/C(=C\S(=O)(=O)c1ccc(C)cc1)[Te](Br)(Br)c1ccc(F)cc1. The summed E-state index contributed by atoms with van der Waals surface area (Å²) in [6.45, 7) is 4.04. The van der Waals surface area contributed by atoms with Crippen LogP contribution < -0.4 is 3.61 Å². The molecule has 7 heteroatoms. The number of allylic oxidation sites excluding steroid dienone is 1. The number of sulfone groups is 1. The maximum absolute atomic E-state index is 13.3. The third-order valence-electron chi connectivity index (χ3n) is 4.10. The van der Waals surface area contributed by atoms with Gasteiger partial charge >= 0.3 is 179 Å². The summed E-state index contributed by atoms with van der Waals surface area (Å²) in [5.74, 6) is -0.304. The molecule has 2 aromatic rings. The van der Waals surface area contributed by atoms with Gasteiger partial charge in [0.15, 0.2) is 0 Å². The summed E-state index contributed by atoms with van der Waals surface area (Å²) in [7, 11) is -3.56. The van der Waals surface area contributed by atoms with Gasteiger partial charge in [-0.2, -0.15) is 0 Å². The standard InChI is InChI=1S/C20H23Br2FO2STe/c1-3-4-5-6-20(27(21,22)19-13-9-17(23)10-14-19)15-26(24,25)18-11-7-16(2)8-12-18/h7-15H,3-6H2,1-2H3/b20-15+. The van der Waals surface area contributed by atoms with Crippen molar-refractivity contribution in [2.24, 2.45) is 0 Å². The molecule has 0 radical (unpaired) electrons. The molecule has 0 bridgehead atoms. The first-order valence-corrected chi connectivity index (χ1v) is 23.0. The topological polar surface area (TPSA) is 34.1 Å². The molecule has 0 aliphatic heterocycles. The van der Waals surface area contributed by atoms with Crippen molar-refractivity contribution in [3.63, 3.8) is 0 Å². The molecule has 148 valence electrons. The van der Waals surface area contributed by atoms with Crippen molar-refractivity contribution in [1.82, 2.24) is 0 Å². The zero-order chi connectivity index (χ0) is 20.1. The normalized spacial score (nSPS) is 13.6. The number of hydrogen-bond donors (Lipinski definition) is 0. The second-order valence-electron chi connectivity index (χ2n) is 6.32. The zero-order valence-electron chi connectivity index (χ0n) is 15.3. The van der Waals surface area contributed by atoms with E-state index in [1.54, 1.807) is 36.4 Å². The van der Waals surface area contributed by atoms with Gasteiger partial charge in [0.1, 0.15) is 0 Å². The monoisotopic (exact) mass is 634 g/mol. The molecular weight excluding hydrogens is 611 g/mol. The Morgan fingerprint density at radius 2 is 1.63 bits per heavy atom. The van der Waals surface area contributed by atoms with Crippen molar-refractivity contribution >= 4 is 52.7 Å². The van der Waals surface area contributed by atoms with E-state index in [0.717, 1.165) is 32.1 Å². The van der Waals surface area contributed by atoms with Crippen molar-refractivity contribution in [3.05, 3.63) is 68.9 Å². The van der Waals surface area contributed by atoms with E-state index >= 15 is 0 Å². The number of unbranched alkanes of at least 4 members (excludes halogenated alkanes) is 2. The van der Waals surface area contributed by atoms with E-state index < -0.39 is 23.6 Å². The molecule has 2 nitrogen and oxygen atoms in total. The van der Waals surface area contributed by atoms with Crippen LogP contribution in [0.3, 0.4) is 0 Å². The molecule has 0 fully saturated rings. The van der Waals surface area contributed by atoms with E-state index in [2.05, 4.69) is 32.4 Å². The third kappa shape index (κ3) is 6.40. The molecule has 0 unspecified atom stereocenters. The van der Waals surface area contributed by atoms with Crippen molar-refractivity contribution in [2.45, 2.75) is 44.4 Å². The van der Waals surface area contributed by atoms with Crippen LogP contribution >= 0.6 is 25.5 Å². The fourth-order valence-electron chi connectivity index (χ4n) is 2.52. The van der Waals surface area contributed by atoms with E-state index in [9.17, 15) is 12.8 Å². The van der Waals surface area contributed by atoms with E-state index in [-0.39, 0.29) is 5.82 Å². The Kier molecular flexibility index (Phi) is 8.57. The van der Waals surface area contributed by atoms with Gasteiger partial charge in [0.05, 0.1) is 0 Å². The Hall–Kier alpha value is -0.190. The summed E-state index contributed by atoms with van der Waals surface area (Å²) in [6.07, 6.45) is 3.69. The fourth-order valence-corrected chi connectivity index (χ4v) is 17.4. The quantitative estimate of drug-likeness (QED) is 0.262. The van der Waals surface area contributed by atoms with Crippen molar-refractivity contribution in [1.29, 1.82) is 0 Å². The van der Waals surface area contributed by atoms with Gasteiger partial charge in [0.2, 0.25) is 0 Å². The zero-order valence-corrected chi connectivity index (χ0v) is 21.6. The molecule has 27 heavy (non-hydrogen) atoms. The first-order valence-electron chi connectivity index (χ1n) is 8.67. The summed E-state index contributed by atoms with van der Waals surface area (Å²) >= 11 is 4.42. The minimum absolute atomic E-state index is 0.291. The summed E-state index contributed by atoms with van der Waals surface area (Å²) in [6, 6.07) is 13.2. The van der Waals surface area contributed by atoms with Crippen LogP contribution in [0.1, 0.15) is 38.2 Å². The third-order valence-corrected chi connectivity index (χ3v) is 22.0. The molecule has 0 saturated carbocycles. The molecule has 2 rings (SSSR count). The first-order chi connectivity index (χ1) is 12.7. The van der Waals surface area contributed by atoms with E-state index in [1.165, 1.54) is 17.5 Å². The Morgan fingerprint density at radius 1 is 1.04 bits per heavy atom. The van der Waals surface area contributed by atoms with Crippen LogP contribution in [0.15, 0.2) is 62.5 Å². The summed E-state index contributed by atoms with van der Waals surface area (Å²) in [4.78, 5) is 0.291. The van der Waals surface area contributed by atoms with Gasteiger partial charge in [-0.05, 0) is 0 Å². The van der Waals surface area contributed by atoms with Crippen molar-refractivity contribution in [2.75, 3.05) is 0 Å². The molecule has 0 aromatic heterocycles. The van der Waals surface area contributed by atoms with Crippen LogP contribution in [0.25, 0.3) is 0 Å². The van der Waals surface area contributed by atoms with Gasteiger partial charge in [0, 0.05) is 0 Å². The van der Waals surface area contributed by atoms with Crippen LogP contribution in [0.4, 0.5) is 4.39 Å². The summed E-state index contributed by atoms with van der Waals surface area (Å²) in [5.41, 5.74) is 1.01. The number of rotatable bonds is 8. The number of hydrogen-bond acceptors (Lipinski definition) is 2. The van der Waals surface area contributed by atoms with E-state index in [0.29, 0.717) is 11.3 Å².